The molecule has 0 saturated carbocycles. The lowest BCUT2D eigenvalue weighted by Crippen LogP contribution is -2.34. The van der Waals surface area contributed by atoms with Crippen molar-refractivity contribution in [3.63, 3.8) is 0 Å². The number of carbonyl (C=O) groups is 2. The molecule has 1 N–H and O–H groups in total. The van der Waals surface area contributed by atoms with E-state index in [2.05, 4.69) is 41.4 Å². The lowest BCUT2D eigenvalue weighted by molar-refractivity contribution is -0.121. The molecule has 1 unspecified atom stereocenters. The fourth-order valence-electron chi connectivity index (χ4n) is 4.51. The van der Waals surface area contributed by atoms with Crippen LogP contribution >= 0.6 is 0 Å². The van der Waals surface area contributed by atoms with E-state index in [4.69, 9.17) is 4.74 Å². The van der Waals surface area contributed by atoms with E-state index in [1.54, 1.807) is 19.1 Å². The molecule has 33 heavy (non-hydrogen) atoms. The summed E-state index contributed by atoms with van der Waals surface area (Å²) in [6, 6.07) is 15.7. The van der Waals surface area contributed by atoms with Crippen molar-refractivity contribution in [1.29, 1.82) is 0 Å². The maximum atomic E-state index is 13.0. The molecule has 1 atom stereocenters. The topological polar surface area (TPSA) is 58.6 Å². The smallest absolute Gasteiger partial charge is 0.338 e. The highest BCUT2D eigenvalue weighted by molar-refractivity contribution is 5.89. The minimum absolute atomic E-state index is 0.000909. The number of amides is 1. The molecule has 1 fully saturated rings. The average molecular weight is 451 g/mol. The van der Waals surface area contributed by atoms with Gasteiger partial charge in [-0.3, -0.25) is 4.79 Å². The van der Waals surface area contributed by atoms with Crippen LogP contribution < -0.4 is 10.2 Å². The summed E-state index contributed by atoms with van der Waals surface area (Å²) in [5.74, 6) is -0.326. The molecule has 0 aromatic heterocycles. The number of anilines is 1. The van der Waals surface area contributed by atoms with Gasteiger partial charge in [-0.05, 0) is 61.9 Å². The molecule has 3 rings (SSSR count). The van der Waals surface area contributed by atoms with Crippen LogP contribution in [-0.4, -0.2) is 31.6 Å². The summed E-state index contributed by atoms with van der Waals surface area (Å²) >= 11 is 0. The van der Waals surface area contributed by atoms with Crippen molar-refractivity contribution in [2.45, 2.75) is 71.3 Å². The lowest BCUT2D eigenvalue weighted by atomic mass is 9.96. The maximum Gasteiger partial charge on any atom is 0.338 e. The second-order valence-electron chi connectivity index (χ2n) is 8.82. The van der Waals surface area contributed by atoms with E-state index in [1.165, 1.54) is 30.5 Å². The molecule has 1 aliphatic heterocycles. The van der Waals surface area contributed by atoms with Crippen molar-refractivity contribution in [2.75, 3.05) is 24.6 Å². The maximum absolute atomic E-state index is 13.0. The Hall–Kier alpha value is -2.82. The molecule has 0 bridgehead atoms. The first kappa shape index (κ1) is 24.8. The summed E-state index contributed by atoms with van der Waals surface area (Å²) in [5, 5.41) is 3.32. The van der Waals surface area contributed by atoms with Gasteiger partial charge in [0, 0.05) is 18.8 Å². The van der Waals surface area contributed by atoms with E-state index < -0.39 is 0 Å². The van der Waals surface area contributed by atoms with Gasteiger partial charge in [-0.25, -0.2) is 4.79 Å². The number of rotatable bonds is 11. The third kappa shape index (κ3) is 7.34. The molecule has 1 heterocycles. The molecule has 1 amide bonds. The van der Waals surface area contributed by atoms with E-state index in [0.717, 1.165) is 44.3 Å². The van der Waals surface area contributed by atoms with Crippen LogP contribution in [0.2, 0.25) is 0 Å². The van der Waals surface area contributed by atoms with E-state index >= 15 is 0 Å². The highest BCUT2D eigenvalue weighted by Crippen LogP contribution is 2.31. The van der Waals surface area contributed by atoms with E-state index in [9.17, 15) is 9.59 Å². The van der Waals surface area contributed by atoms with Gasteiger partial charge >= 0.3 is 5.97 Å². The van der Waals surface area contributed by atoms with Gasteiger partial charge < -0.3 is 15.0 Å². The summed E-state index contributed by atoms with van der Waals surface area (Å²) in [4.78, 5) is 27.4. The van der Waals surface area contributed by atoms with Gasteiger partial charge in [0.1, 0.15) is 0 Å². The number of hydrogen-bond acceptors (Lipinski definition) is 4. The molecule has 1 saturated heterocycles. The highest BCUT2D eigenvalue weighted by atomic mass is 16.5. The first-order valence-corrected chi connectivity index (χ1v) is 12.5. The van der Waals surface area contributed by atoms with E-state index in [1.807, 2.05) is 12.1 Å². The van der Waals surface area contributed by atoms with E-state index in [-0.39, 0.29) is 17.9 Å². The SMILES string of the molecule is CCCCCC(NC(=O)Cc1ccc(C(=O)OCC)cc1)c1ccccc1N1CCCCC1. The summed E-state index contributed by atoms with van der Waals surface area (Å²) in [6.45, 7) is 6.51. The Kier molecular flexibility index (Phi) is 9.79. The molecule has 0 aliphatic carbocycles. The number of ether oxygens (including phenoxy) is 1. The predicted molar refractivity (Wildman–Crippen MR) is 134 cm³/mol. The number of nitrogens with one attached hydrogen (secondary N) is 1. The second kappa shape index (κ2) is 13.0. The molecule has 178 valence electrons. The first-order valence-electron chi connectivity index (χ1n) is 12.5. The Morgan fingerprint density at radius 3 is 2.39 bits per heavy atom. The molecule has 0 radical (unpaired) electrons. The number of hydrogen-bond donors (Lipinski definition) is 1. The second-order valence-corrected chi connectivity index (χ2v) is 8.82. The minimum Gasteiger partial charge on any atom is -0.462 e. The van der Waals surface area contributed by atoms with Gasteiger partial charge in [-0.15, -0.1) is 0 Å². The molecule has 2 aromatic carbocycles. The van der Waals surface area contributed by atoms with Crippen LogP contribution in [0.3, 0.4) is 0 Å². The molecular weight excluding hydrogens is 412 g/mol. The van der Waals surface area contributed by atoms with Crippen LogP contribution in [0.25, 0.3) is 0 Å². The van der Waals surface area contributed by atoms with Crippen molar-refractivity contribution >= 4 is 17.6 Å². The normalized spacial score (nSPS) is 14.5. The first-order chi connectivity index (χ1) is 16.1. The lowest BCUT2D eigenvalue weighted by Gasteiger charge is -2.33. The quantitative estimate of drug-likeness (QED) is 0.345. The fourth-order valence-corrected chi connectivity index (χ4v) is 4.51. The van der Waals surface area contributed by atoms with Crippen molar-refractivity contribution in [2.24, 2.45) is 0 Å². The summed E-state index contributed by atoms with van der Waals surface area (Å²) in [6.07, 6.45) is 8.38. The van der Waals surface area contributed by atoms with Crippen molar-refractivity contribution in [3.8, 4) is 0 Å². The van der Waals surface area contributed by atoms with Crippen LogP contribution in [0.15, 0.2) is 48.5 Å². The molecule has 5 nitrogen and oxygen atoms in total. The third-order valence-corrected chi connectivity index (χ3v) is 6.27. The third-order valence-electron chi connectivity index (χ3n) is 6.27. The number of nitrogens with zero attached hydrogens (tertiary/aromatic N) is 1. The minimum atomic E-state index is -0.334. The number of benzene rings is 2. The predicted octanol–water partition coefficient (Wildman–Crippen LogP) is 5.83. The Morgan fingerprint density at radius 2 is 1.70 bits per heavy atom. The number of esters is 1. The van der Waals surface area contributed by atoms with Gasteiger partial charge in [-0.1, -0.05) is 56.5 Å². The molecule has 5 heteroatoms. The Balaban J connectivity index is 1.71. The Bertz CT molecular complexity index is 888. The number of para-hydroxylation sites is 1. The van der Waals surface area contributed by atoms with Gasteiger partial charge in [0.25, 0.3) is 0 Å². The van der Waals surface area contributed by atoms with Crippen LogP contribution in [0.5, 0.6) is 0 Å². The van der Waals surface area contributed by atoms with Gasteiger partial charge in [0.05, 0.1) is 24.6 Å². The zero-order chi connectivity index (χ0) is 23.5. The largest absolute Gasteiger partial charge is 0.462 e. The van der Waals surface area contributed by atoms with Gasteiger partial charge in [0.2, 0.25) is 5.91 Å². The summed E-state index contributed by atoms with van der Waals surface area (Å²) in [7, 11) is 0. The molecule has 2 aromatic rings. The fraction of sp³-hybridized carbons (Fsp3) is 0.500. The van der Waals surface area contributed by atoms with Crippen LogP contribution in [0.1, 0.15) is 86.3 Å². The molecule has 1 aliphatic rings. The zero-order valence-corrected chi connectivity index (χ0v) is 20.1. The number of unbranched alkanes of at least 4 members (excludes halogenated alkanes) is 2. The Labute approximate surface area is 198 Å². The summed E-state index contributed by atoms with van der Waals surface area (Å²) in [5.41, 5.74) is 3.88. The van der Waals surface area contributed by atoms with Crippen molar-refractivity contribution < 1.29 is 14.3 Å². The van der Waals surface area contributed by atoms with Crippen LogP contribution in [0.4, 0.5) is 5.69 Å². The van der Waals surface area contributed by atoms with Crippen molar-refractivity contribution in [3.05, 3.63) is 65.2 Å². The highest BCUT2D eigenvalue weighted by Gasteiger charge is 2.21. The van der Waals surface area contributed by atoms with Gasteiger partial charge in [0.15, 0.2) is 0 Å². The molecule has 0 spiro atoms. The van der Waals surface area contributed by atoms with Crippen LogP contribution in [0, 0.1) is 0 Å². The molecular formula is C28H38N2O3. The van der Waals surface area contributed by atoms with Gasteiger partial charge in [-0.2, -0.15) is 0 Å². The standard InChI is InChI=1S/C28H38N2O3/c1-3-5-7-13-25(24-12-8-9-14-26(24)30-19-10-6-11-20-30)29-27(31)21-22-15-17-23(18-16-22)28(32)33-4-2/h8-9,12,14-18,25H,3-7,10-11,13,19-21H2,1-2H3,(H,29,31). The number of piperidine rings is 1. The zero-order valence-electron chi connectivity index (χ0n) is 20.1. The average Bonchev–Trinajstić information content (AvgIpc) is 2.85. The van der Waals surface area contributed by atoms with E-state index in [0.29, 0.717) is 18.6 Å². The Morgan fingerprint density at radius 1 is 0.970 bits per heavy atom. The summed E-state index contributed by atoms with van der Waals surface area (Å²) < 4.78 is 5.04. The monoisotopic (exact) mass is 450 g/mol. The van der Waals surface area contributed by atoms with Crippen LogP contribution in [-0.2, 0) is 16.0 Å². The number of carbonyl (C=O) groups excluding carboxylic acids is 2. The van der Waals surface area contributed by atoms with Crippen molar-refractivity contribution in [1.82, 2.24) is 5.32 Å².